The summed E-state index contributed by atoms with van der Waals surface area (Å²) in [5.41, 5.74) is -1.36. The number of nitrogens with zero attached hydrogens (tertiary/aromatic N) is 2. The van der Waals surface area contributed by atoms with Crippen LogP contribution >= 0.6 is 0 Å². The van der Waals surface area contributed by atoms with Crippen LogP contribution in [0.5, 0.6) is 5.88 Å². The van der Waals surface area contributed by atoms with Gasteiger partial charge in [0, 0.05) is 0 Å². The molecule has 0 saturated heterocycles. The number of carbonyl (C=O) groups is 1. The first kappa shape index (κ1) is 16.8. The zero-order valence-electron chi connectivity index (χ0n) is 13.0. The summed E-state index contributed by atoms with van der Waals surface area (Å²) in [6, 6.07) is 2.89. The van der Waals surface area contributed by atoms with E-state index in [9.17, 15) is 22.8 Å². The van der Waals surface area contributed by atoms with E-state index in [1.165, 1.54) is 10.5 Å². The number of rotatable bonds is 2. The highest BCUT2D eigenvalue weighted by Crippen LogP contribution is 2.33. The molecule has 2 N–H and O–H groups in total. The number of hydrogen-bond acceptors (Lipinski definition) is 4. The molecule has 1 aromatic carbocycles. The van der Waals surface area contributed by atoms with Crippen molar-refractivity contribution in [3.63, 3.8) is 0 Å². The molecule has 0 bridgehead atoms. The van der Waals surface area contributed by atoms with Gasteiger partial charge >= 0.3 is 12.3 Å². The van der Waals surface area contributed by atoms with E-state index in [1.807, 2.05) is 0 Å². The van der Waals surface area contributed by atoms with Gasteiger partial charge in [-0.05, 0) is 24.1 Å². The highest BCUT2D eigenvalue weighted by molar-refractivity contribution is 5.79. The summed E-state index contributed by atoms with van der Waals surface area (Å²) >= 11 is 0. The maximum Gasteiger partial charge on any atom is 0.512 e. The molecular formula is C15H12F3N3O4. The molecule has 10 heteroatoms. The number of imidazole rings is 1. The average molecular weight is 355 g/mol. The van der Waals surface area contributed by atoms with Crippen LogP contribution in [-0.4, -0.2) is 25.6 Å². The molecule has 2 heterocycles. The Hall–Kier alpha value is -3.04. The monoisotopic (exact) mass is 355 g/mol. The summed E-state index contributed by atoms with van der Waals surface area (Å²) < 4.78 is 44.6. The van der Waals surface area contributed by atoms with Gasteiger partial charge in [-0.15, -0.1) is 0 Å². The van der Waals surface area contributed by atoms with Crippen LogP contribution in [0.2, 0.25) is 0 Å². The van der Waals surface area contributed by atoms with Gasteiger partial charge in [0.15, 0.2) is 0 Å². The molecule has 0 amide bonds. The summed E-state index contributed by atoms with van der Waals surface area (Å²) in [6.07, 6.45) is -6.17. The standard InChI is InChI=1S/C15H12F3N3O4/c1-6(2)10-13(25-14(23)24)20-11-12(22)19-8-5-7(15(16,17)18)3-4-9(8)21(10)11/h3-6H,1-2H3,(H,19,22)(H,23,24). The fourth-order valence-electron chi connectivity index (χ4n) is 2.66. The van der Waals surface area contributed by atoms with Gasteiger partial charge in [0.1, 0.15) is 0 Å². The van der Waals surface area contributed by atoms with Crippen molar-refractivity contribution in [2.24, 2.45) is 0 Å². The normalized spacial score (nSPS) is 12.2. The Morgan fingerprint density at radius 1 is 1.36 bits per heavy atom. The maximum absolute atomic E-state index is 12.9. The van der Waals surface area contributed by atoms with Crippen molar-refractivity contribution < 1.29 is 27.8 Å². The van der Waals surface area contributed by atoms with Gasteiger partial charge in [-0.25, -0.2) is 4.79 Å². The minimum atomic E-state index is -4.56. The number of alkyl halides is 3. The topological polar surface area (TPSA) is 96.7 Å². The zero-order chi connectivity index (χ0) is 18.5. The first-order valence-corrected chi connectivity index (χ1v) is 7.16. The number of nitrogens with one attached hydrogen (secondary N) is 1. The van der Waals surface area contributed by atoms with Crippen molar-refractivity contribution in [2.45, 2.75) is 25.9 Å². The first-order valence-electron chi connectivity index (χ1n) is 7.16. The lowest BCUT2D eigenvalue weighted by atomic mass is 10.1. The minimum absolute atomic E-state index is 0.0477. The number of H-pyrrole nitrogens is 1. The molecule has 7 nitrogen and oxygen atoms in total. The van der Waals surface area contributed by atoms with Gasteiger partial charge in [0.2, 0.25) is 11.5 Å². The Balaban J connectivity index is 2.43. The first-order chi connectivity index (χ1) is 11.6. The Morgan fingerprint density at radius 3 is 2.60 bits per heavy atom. The molecule has 0 atom stereocenters. The van der Waals surface area contributed by atoms with Crippen molar-refractivity contribution in [3.05, 3.63) is 39.8 Å². The predicted molar refractivity (Wildman–Crippen MR) is 81.1 cm³/mol. The Labute approximate surface area is 137 Å². The van der Waals surface area contributed by atoms with Crippen LogP contribution in [0.25, 0.3) is 16.7 Å². The smallest absolute Gasteiger partial charge is 0.449 e. The van der Waals surface area contributed by atoms with Crippen molar-refractivity contribution in [3.8, 4) is 5.88 Å². The second kappa shape index (κ2) is 5.50. The van der Waals surface area contributed by atoms with Crippen molar-refractivity contribution >= 4 is 22.8 Å². The van der Waals surface area contributed by atoms with E-state index in [0.29, 0.717) is 0 Å². The molecule has 2 aromatic heterocycles. The average Bonchev–Trinajstić information content (AvgIpc) is 2.85. The summed E-state index contributed by atoms with van der Waals surface area (Å²) in [4.78, 5) is 29.3. The minimum Gasteiger partial charge on any atom is -0.449 e. The highest BCUT2D eigenvalue weighted by Gasteiger charge is 2.31. The molecule has 3 rings (SSSR count). The second-order valence-corrected chi connectivity index (χ2v) is 5.67. The molecule has 0 radical (unpaired) electrons. The largest absolute Gasteiger partial charge is 0.512 e. The number of hydrogen-bond donors (Lipinski definition) is 2. The molecule has 0 aliphatic carbocycles. The van der Waals surface area contributed by atoms with Crippen LogP contribution in [0.3, 0.4) is 0 Å². The number of carboxylic acid groups (broad SMARTS) is 1. The van der Waals surface area contributed by atoms with E-state index < -0.39 is 23.5 Å². The number of ether oxygens (including phenoxy) is 1. The predicted octanol–water partition coefficient (Wildman–Crippen LogP) is 3.37. The Kier molecular flexibility index (Phi) is 3.70. The quantitative estimate of drug-likeness (QED) is 0.687. The van der Waals surface area contributed by atoms with Gasteiger partial charge in [-0.3, -0.25) is 9.20 Å². The molecule has 3 aromatic rings. The number of aromatic nitrogens is 3. The molecule has 0 aliphatic heterocycles. The van der Waals surface area contributed by atoms with Crippen LogP contribution in [0.1, 0.15) is 31.0 Å². The summed E-state index contributed by atoms with van der Waals surface area (Å²) in [5.74, 6) is -0.586. The molecule has 0 unspecified atom stereocenters. The van der Waals surface area contributed by atoms with E-state index in [-0.39, 0.29) is 34.2 Å². The molecular weight excluding hydrogens is 343 g/mol. The maximum atomic E-state index is 12.9. The lowest BCUT2D eigenvalue weighted by molar-refractivity contribution is -0.137. The number of aromatic amines is 1. The van der Waals surface area contributed by atoms with Crippen molar-refractivity contribution in [2.75, 3.05) is 0 Å². The summed E-state index contributed by atoms with van der Waals surface area (Å²) in [6.45, 7) is 3.44. The van der Waals surface area contributed by atoms with Crippen LogP contribution in [0.4, 0.5) is 18.0 Å². The van der Waals surface area contributed by atoms with E-state index in [1.54, 1.807) is 13.8 Å². The third-order valence-corrected chi connectivity index (χ3v) is 3.63. The van der Waals surface area contributed by atoms with E-state index >= 15 is 0 Å². The number of fused-ring (bicyclic) bond motifs is 3. The van der Waals surface area contributed by atoms with Gasteiger partial charge in [-0.2, -0.15) is 18.2 Å². The van der Waals surface area contributed by atoms with Gasteiger partial charge in [0.05, 0.1) is 22.3 Å². The van der Waals surface area contributed by atoms with E-state index in [4.69, 9.17) is 5.11 Å². The van der Waals surface area contributed by atoms with E-state index in [0.717, 1.165) is 12.1 Å². The van der Waals surface area contributed by atoms with E-state index in [2.05, 4.69) is 14.7 Å². The van der Waals surface area contributed by atoms with Crippen molar-refractivity contribution in [1.82, 2.24) is 14.4 Å². The third-order valence-electron chi connectivity index (χ3n) is 3.63. The Bertz CT molecular complexity index is 1050. The van der Waals surface area contributed by atoms with Gasteiger partial charge in [0.25, 0.3) is 5.56 Å². The number of benzene rings is 1. The molecule has 25 heavy (non-hydrogen) atoms. The Morgan fingerprint density at radius 2 is 2.04 bits per heavy atom. The third kappa shape index (κ3) is 2.79. The lowest BCUT2D eigenvalue weighted by Crippen LogP contribution is -2.13. The number of halogens is 3. The molecule has 0 fully saturated rings. The second-order valence-electron chi connectivity index (χ2n) is 5.67. The van der Waals surface area contributed by atoms with Crippen LogP contribution in [0, 0.1) is 0 Å². The molecule has 0 spiro atoms. The fourth-order valence-corrected chi connectivity index (χ4v) is 2.66. The molecule has 0 aliphatic rings. The summed E-state index contributed by atoms with van der Waals surface area (Å²) in [5, 5.41) is 8.82. The lowest BCUT2D eigenvalue weighted by Gasteiger charge is -2.11. The fraction of sp³-hybridized carbons (Fsp3) is 0.267. The molecule has 132 valence electrons. The van der Waals surface area contributed by atoms with Crippen LogP contribution < -0.4 is 10.3 Å². The van der Waals surface area contributed by atoms with Crippen LogP contribution in [0.15, 0.2) is 23.0 Å². The SMILES string of the molecule is CC(C)c1c(OC(=O)O)nc2c(=O)[nH]c3cc(C(F)(F)F)ccc3n12. The highest BCUT2D eigenvalue weighted by atomic mass is 19.4. The molecule has 0 saturated carbocycles. The van der Waals surface area contributed by atoms with Gasteiger partial charge < -0.3 is 14.8 Å². The van der Waals surface area contributed by atoms with Gasteiger partial charge in [-0.1, -0.05) is 13.8 Å². The van der Waals surface area contributed by atoms with Crippen LogP contribution in [-0.2, 0) is 6.18 Å². The van der Waals surface area contributed by atoms with Crippen molar-refractivity contribution in [1.29, 1.82) is 0 Å². The zero-order valence-corrected chi connectivity index (χ0v) is 13.0. The summed E-state index contributed by atoms with van der Waals surface area (Å²) in [7, 11) is 0.